The van der Waals surface area contributed by atoms with Gasteiger partial charge in [-0.2, -0.15) is 0 Å². The molecule has 0 spiro atoms. The molecule has 0 bridgehead atoms. The first kappa shape index (κ1) is 15.7. The lowest BCUT2D eigenvalue weighted by Crippen LogP contribution is -2.04. The molecule has 0 atom stereocenters. The van der Waals surface area contributed by atoms with Crippen molar-refractivity contribution in [3.05, 3.63) is 53.4 Å². The molecule has 4 aromatic rings. The number of halogens is 1. The van der Waals surface area contributed by atoms with Crippen LogP contribution in [0.5, 0.6) is 0 Å². The molecule has 0 unspecified atom stereocenters. The normalized spacial score (nSPS) is 11.3. The molecule has 2 heterocycles. The largest absolute Gasteiger partial charge is 0.385 e. The minimum absolute atomic E-state index is 0.449. The van der Waals surface area contributed by atoms with E-state index >= 15 is 0 Å². The minimum atomic E-state index is 0.449. The van der Waals surface area contributed by atoms with Crippen LogP contribution in [0.15, 0.2) is 42.9 Å². The summed E-state index contributed by atoms with van der Waals surface area (Å²) in [5, 5.41) is 4.11. The number of aryl methyl sites for hydroxylation is 1. The number of nitrogens with two attached hydrogens (primary N) is 1. The van der Waals surface area contributed by atoms with Crippen LogP contribution in [0.25, 0.3) is 27.7 Å². The van der Waals surface area contributed by atoms with Crippen LogP contribution >= 0.6 is 11.6 Å². The number of nitrogens with one attached hydrogen (secondary N) is 1. The van der Waals surface area contributed by atoms with Gasteiger partial charge in [0.2, 0.25) is 0 Å². The van der Waals surface area contributed by atoms with Crippen molar-refractivity contribution in [3.63, 3.8) is 0 Å². The zero-order valence-electron chi connectivity index (χ0n) is 14.0. The van der Waals surface area contributed by atoms with Crippen LogP contribution in [0.2, 0.25) is 5.02 Å². The van der Waals surface area contributed by atoms with Crippen LogP contribution in [0.3, 0.4) is 0 Å². The average Bonchev–Trinajstić information content (AvgIpc) is 3.07. The highest BCUT2D eigenvalue weighted by Crippen LogP contribution is 2.40. The number of aromatic nitrogens is 3. The van der Waals surface area contributed by atoms with E-state index in [0.29, 0.717) is 10.8 Å². The molecule has 0 aliphatic heterocycles. The number of fused-ring (bicyclic) bond motifs is 3. The molecule has 0 aliphatic carbocycles. The average molecular weight is 352 g/mol. The SMILES string of the molecule is CCNc1ccc2c(nc(N)c3cncn32)c1-c1c(C)cccc1Cl. The third kappa shape index (κ3) is 2.39. The fourth-order valence-electron chi connectivity index (χ4n) is 3.28. The van der Waals surface area contributed by atoms with Gasteiger partial charge in [-0.3, -0.25) is 4.40 Å². The molecule has 4 rings (SSSR count). The van der Waals surface area contributed by atoms with Crippen LogP contribution in [-0.2, 0) is 0 Å². The van der Waals surface area contributed by atoms with E-state index in [9.17, 15) is 0 Å². The number of benzene rings is 2. The van der Waals surface area contributed by atoms with E-state index in [1.165, 1.54) is 0 Å². The van der Waals surface area contributed by atoms with Gasteiger partial charge in [-0.05, 0) is 37.6 Å². The highest BCUT2D eigenvalue weighted by molar-refractivity contribution is 6.34. The predicted molar refractivity (Wildman–Crippen MR) is 104 cm³/mol. The zero-order valence-corrected chi connectivity index (χ0v) is 14.8. The summed E-state index contributed by atoms with van der Waals surface area (Å²) < 4.78 is 1.96. The summed E-state index contributed by atoms with van der Waals surface area (Å²) in [6, 6.07) is 9.99. The topological polar surface area (TPSA) is 68.2 Å². The summed E-state index contributed by atoms with van der Waals surface area (Å²) in [6.45, 7) is 4.91. The summed E-state index contributed by atoms with van der Waals surface area (Å²) in [5.41, 5.74) is 12.7. The third-order valence-corrected chi connectivity index (χ3v) is 4.70. The van der Waals surface area contributed by atoms with E-state index in [-0.39, 0.29) is 0 Å². The van der Waals surface area contributed by atoms with Crippen molar-refractivity contribution in [3.8, 4) is 11.1 Å². The van der Waals surface area contributed by atoms with Crippen LogP contribution in [0, 0.1) is 6.92 Å². The Kier molecular flexibility index (Phi) is 3.73. The second-order valence-corrected chi connectivity index (χ2v) is 6.37. The summed E-state index contributed by atoms with van der Waals surface area (Å²) in [4.78, 5) is 8.91. The zero-order chi connectivity index (χ0) is 17.6. The number of hydrogen-bond donors (Lipinski definition) is 2. The Morgan fingerprint density at radius 1 is 1.16 bits per heavy atom. The maximum atomic E-state index is 6.57. The Hall–Kier alpha value is -2.79. The molecule has 2 aromatic heterocycles. The van der Waals surface area contributed by atoms with E-state index in [1.54, 1.807) is 12.5 Å². The summed E-state index contributed by atoms with van der Waals surface area (Å²) >= 11 is 6.57. The molecule has 3 N–H and O–H groups in total. The molecule has 2 aromatic carbocycles. The summed E-state index contributed by atoms with van der Waals surface area (Å²) in [6.07, 6.45) is 3.48. The van der Waals surface area contributed by atoms with Gasteiger partial charge in [-0.25, -0.2) is 9.97 Å². The van der Waals surface area contributed by atoms with Crippen LogP contribution < -0.4 is 11.1 Å². The van der Waals surface area contributed by atoms with E-state index in [1.807, 2.05) is 22.6 Å². The number of rotatable bonds is 3. The predicted octanol–water partition coefficient (Wildman–Crippen LogP) is 4.53. The smallest absolute Gasteiger partial charge is 0.150 e. The van der Waals surface area contributed by atoms with Crippen LogP contribution in [0.1, 0.15) is 12.5 Å². The molecule has 5 nitrogen and oxygen atoms in total. The summed E-state index contributed by atoms with van der Waals surface area (Å²) in [5.74, 6) is 0.449. The molecule has 6 heteroatoms. The number of hydrogen-bond acceptors (Lipinski definition) is 4. The first-order chi connectivity index (χ1) is 12.1. The Bertz CT molecular complexity index is 1080. The van der Waals surface area contributed by atoms with Crippen LogP contribution in [0.4, 0.5) is 11.5 Å². The fraction of sp³-hybridized carbons (Fsp3) is 0.158. The van der Waals surface area contributed by atoms with Gasteiger partial charge in [0.25, 0.3) is 0 Å². The molecule has 25 heavy (non-hydrogen) atoms. The van der Waals surface area contributed by atoms with Crippen molar-refractivity contribution in [1.29, 1.82) is 0 Å². The number of nitrogens with zero attached hydrogens (tertiary/aromatic N) is 3. The van der Waals surface area contributed by atoms with Crippen molar-refractivity contribution in [1.82, 2.24) is 14.4 Å². The molecule has 0 aliphatic rings. The van der Waals surface area contributed by atoms with Gasteiger partial charge >= 0.3 is 0 Å². The van der Waals surface area contributed by atoms with Gasteiger partial charge in [-0.1, -0.05) is 23.7 Å². The minimum Gasteiger partial charge on any atom is -0.385 e. The molecule has 126 valence electrons. The van der Waals surface area contributed by atoms with Gasteiger partial charge in [0.1, 0.15) is 11.3 Å². The number of imidazole rings is 1. The molecule has 0 fully saturated rings. The van der Waals surface area contributed by atoms with Crippen molar-refractivity contribution < 1.29 is 0 Å². The fourth-order valence-corrected chi connectivity index (χ4v) is 3.60. The molecular formula is C19H18ClN5. The lowest BCUT2D eigenvalue weighted by atomic mass is 9.97. The number of nitrogen functional groups attached to an aromatic ring is 1. The lowest BCUT2D eigenvalue weighted by Gasteiger charge is -2.17. The quantitative estimate of drug-likeness (QED) is 0.569. The standard InChI is InChI=1S/C19H18ClN5/c1-3-23-13-7-8-14-18(24-19(21)15-9-22-10-25(14)15)17(13)16-11(2)5-4-6-12(16)20/h4-10,23H,3H2,1-2H3,(H2,21,24). The van der Waals surface area contributed by atoms with Gasteiger partial charge in [0.15, 0.2) is 0 Å². The van der Waals surface area contributed by atoms with Crippen LogP contribution in [-0.4, -0.2) is 20.9 Å². The molecule has 0 radical (unpaired) electrons. The Morgan fingerprint density at radius 3 is 2.76 bits per heavy atom. The molecular weight excluding hydrogens is 334 g/mol. The second-order valence-electron chi connectivity index (χ2n) is 5.96. The number of anilines is 2. The van der Waals surface area contributed by atoms with E-state index in [0.717, 1.165) is 45.5 Å². The molecule has 0 saturated heterocycles. The second kappa shape index (κ2) is 5.93. The Balaban J connectivity index is 2.20. The third-order valence-electron chi connectivity index (χ3n) is 4.39. The van der Waals surface area contributed by atoms with Crippen molar-refractivity contribution in [2.45, 2.75) is 13.8 Å². The molecule has 0 amide bonds. The van der Waals surface area contributed by atoms with Gasteiger partial charge in [0.05, 0.1) is 23.6 Å². The Labute approximate surface area is 150 Å². The van der Waals surface area contributed by atoms with Gasteiger partial charge in [0, 0.05) is 28.4 Å². The van der Waals surface area contributed by atoms with E-state index < -0.39 is 0 Å². The first-order valence-corrected chi connectivity index (χ1v) is 8.53. The van der Waals surface area contributed by atoms with E-state index in [2.05, 4.69) is 36.3 Å². The first-order valence-electron chi connectivity index (χ1n) is 8.15. The van der Waals surface area contributed by atoms with Gasteiger partial charge in [-0.15, -0.1) is 0 Å². The van der Waals surface area contributed by atoms with Crippen molar-refractivity contribution >= 4 is 39.7 Å². The monoisotopic (exact) mass is 351 g/mol. The maximum Gasteiger partial charge on any atom is 0.150 e. The van der Waals surface area contributed by atoms with Gasteiger partial charge < -0.3 is 11.1 Å². The highest BCUT2D eigenvalue weighted by Gasteiger charge is 2.18. The van der Waals surface area contributed by atoms with Crippen molar-refractivity contribution in [2.24, 2.45) is 0 Å². The summed E-state index contributed by atoms with van der Waals surface area (Å²) in [7, 11) is 0. The lowest BCUT2D eigenvalue weighted by molar-refractivity contribution is 1.18. The highest BCUT2D eigenvalue weighted by atomic mass is 35.5. The maximum absolute atomic E-state index is 6.57. The Morgan fingerprint density at radius 2 is 2.00 bits per heavy atom. The van der Waals surface area contributed by atoms with Crippen molar-refractivity contribution in [2.75, 3.05) is 17.6 Å². The van der Waals surface area contributed by atoms with E-state index in [4.69, 9.17) is 22.3 Å². The molecule has 0 saturated carbocycles.